The summed E-state index contributed by atoms with van der Waals surface area (Å²) in [5.74, 6) is -1.17. The molecule has 0 aromatic heterocycles. The molecule has 0 radical (unpaired) electrons. The van der Waals surface area contributed by atoms with Crippen LogP contribution in [0.4, 0.5) is 16.2 Å². The lowest BCUT2D eigenvalue weighted by atomic mass is 9.92. The zero-order valence-electron chi connectivity index (χ0n) is 15.6. The second kappa shape index (κ2) is 7.51. The van der Waals surface area contributed by atoms with Gasteiger partial charge in [0.1, 0.15) is 12.1 Å². The number of urea groups is 1. The third kappa shape index (κ3) is 3.90. The Balaban J connectivity index is 1.75. The molecule has 2 aromatic carbocycles. The van der Waals surface area contributed by atoms with Crippen molar-refractivity contribution in [1.29, 1.82) is 0 Å². The fourth-order valence-corrected chi connectivity index (χ4v) is 3.28. The molecule has 1 fully saturated rings. The number of aryl methyl sites for hydroxylation is 1. The summed E-state index contributed by atoms with van der Waals surface area (Å²) >= 11 is 5.89. The molecule has 2 aromatic rings. The van der Waals surface area contributed by atoms with Gasteiger partial charge < -0.3 is 10.6 Å². The number of hydrogen-bond acceptors (Lipinski definition) is 5. The van der Waals surface area contributed by atoms with Crippen LogP contribution in [0.25, 0.3) is 0 Å². The Bertz CT molecular complexity index is 1020. The van der Waals surface area contributed by atoms with Crippen molar-refractivity contribution in [2.24, 2.45) is 0 Å². The lowest BCUT2D eigenvalue weighted by Gasteiger charge is -2.22. The molecule has 1 atom stereocenters. The van der Waals surface area contributed by atoms with Crippen molar-refractivity contribution in [2.45, 2.75) is 19.4 Å². The topological polar surface area (TPSA) is 122 Å². The predicted octanol–water partition coefficient (Wildman–Crippen LogP) is 2.96. The van der Waals surface area contributed by atoms with E-state index in [1.165, 1.54) is 31.2 Å². The van der Waals surface area contributed by atoms with E-state index in [1.807, 2.05) is 0 Å². The lowest BCUT2D eigenvalue weighted by Crippen LogP contribution is -2.42. The minimum Gasteiger partial charge on any atom is -0.324 e. The maximum atomic E-state index is 12.9. The van der Waals surface area contributed by atoms with Crippen molar-refractivity contribution in [1.82, 2.24) is 10.2 Å². The van der Waals surface area contributed by atoms with Gasteiger partial charge in [-0.1, -0.05) is 11.6 Å². The van der Waals surface area contributed by atoms with E-state index in [4.69, 9.17) is 11.6 Å². The highest BCUT2D eigenvalue weighted by molar-refractivity contribution is 6.30. The van der Waals surface area contributed by atoms with Gasteiger partial charge in [-0.3, -0.25) is 24.6 Å². The summed E-state index contributed by atoms with van der Waals surface area (Å²) < 4.78 is 0. The van der Waals surface area contributed by atoms with Crippen LogP contribution < -0.4 is 10.6 Å². The molecule has 0 saturated carbocycles. The Morgan fingerprint density at radius 1 is 1.24 bits per heavy atom. The maximum Gasteiger partial charge on any atom is 0.325 e. The van der Waals surface area contributed by atoms with Crippen molar-refractivity contribution in [3.05, 3.63) is 68.7 Å². The molecule has 0 unspecified atom stereocenters. The molecule has 150 valence electrons. The number of halogens is 1. The molecule has 0 spiro atoms. The van der Waals surface area contributed by atoms with E-state index in [0.29, 0.717) is 16.3 Å². The van der Waals surface area contributed by atoms with Gasteiger partial charge in [0.15, 0.2) is 0 Å². The van der Waals surface area contributed by atoms with Crippen LogP contribution in [0.2, 0.25) is 5.02 Å². The number of nitrogens with one attached hydrogen (secondary N) is 2. The summed E-state index contributed by atoms with van der Waals surface area (Å²) in [5.41, 5.74) is 0.0628. The van der Waals surface area contributed by atoms with Crippen molar-refractivity contribution >= 4 is 40.8 Å². The highest BCUT2D eigenvalue weighted by atomic mass is 35.5. The van der Waals surface area contributed by atoms with E-state index >= 15 is 0 Å². The number of amides is 4. The number of nitro benzene ring substituents is 1. The van der Waals surface area contributed by atoms with Crippen LogP contribution in [0.15, 0.2) is 42.5 Å². The van der Waals surface area contributed by atoms with Gasteiger partial charge in [0.05, 0.1) is 4.92 Å². The monoisotopic (exact) mass is 416 g/mol. The molecule has 0 bridgehead atoms. The fourth-order valence-electron chi connectivity index (χ4n) is 3.05. The number of nitrogens with zero attached hydrogens (tertiary/aromatic N) is 2. The Hall–Kier alpha value is -3.46. The molecule has 29 heavy (non-hydrogen) atoms. The molecule has 4 amide bonds. The molecule has 10 heteroatoms. The van der Waals surface area contributed by atoms with Gasteiger partial charge in [0, 0.05) is 22.8 Å². The number of hydrogen-bond donors (Lipinski definition) is 2. The fraction of sp³-hybridized carbons (Fsp3) is 0.211. The van der Waals surface area contributed by atoms with Gasteiger partial charge in [-0.15, -0.1) is 0 Å². The maximum absolute atomic E-state index is 12.9. The number of benzene rings is 2. The lowest BCUT2D eigenvalue weighted by molar-refractivity contribution is -0.384. The first kappa shape index (κ1) is 20.3. The van der Waals surface area contributed by atoms with E-state index < -0.39 is 34.9 Å². The van der Waals surface area contributed by atoms with E-state index in [1.54, 1.807) is 25.1 Å². The normalized spacial score (nSPS) is 18.5. The molecule has 3 rings (SSSR count). The van der Waals surface area contributed by atoms with Crippen LogP contribution >= 0.6 is 11.6 Å². The largest absolute Gasteiger partial charge is 0.325 e. The molecule has 1 aliphatic heterocycles. The van der Waals surface area contributed by atoms with E-state index in [9.17, 15) is 24.5 Å². The molecule has 0 aliphatic carbocycles. The number of imide groups is 1. The summed E-state index contributed by atoms with van der Waals surface area (Å²) in [5, 5.41) is 16.5. The van der Waals surface area contributed by atoms with Crippen molar-refractivity contribution in [3.8, 4) is 0 Å². The van der Waals surface area contributed by atoms with Crippen LogP contribution in [-0.4, -0.2) is 34.2 Å². The Morgan fingerprint density at radius 3 is 2.48 bits per heavy atom. The smallest absolute Gasteiger partial charge is 0.324 e. The number of rotatable bonds is 5. The Morgan fingerprint density at radius 2 is 1.90 bits per heavy atom. The van der Waals surface area contributed by atoms with Crippen molar-refractivity contribution < 1.29 is 19.3 Å². The highest BCUT2D eigenvalue weighted by Crippen LogP contribution is 2.30. The van der Waals surface area contributed by atoms with Crippen LogP contribution in [0.3, 0.4) is 0 Å². The average Bonchev–Trinajstić information content (AvgIpc) is 2.88. The number of anilines is 1. The van der Waals surface area contributed by atoms with Crippen LogP contribution in [0, 0.1) is 17.0 Å². The molecule has 9 nitrogen and oxygen atoms in total. The van der Waals surface area contributed by atoms with Crippen LogP contribution in [0.1, 0.15) is 18.1 Å². The summed E-state index contributed by atoms with van der Waals surface area (Å²) in [7, 11) is 0. The third-order valence-corrected chi connectivity index (χ3v) is 4.93. The average molecular weight is 417 g/mol. The van der Waals surface area contributed by atoms with Gasteiger partial charge in [-0.05, 0) is 55.3 Å². The first-order chi connectivity index (χ1) is 13.6. The number of carbonyl (C=O) groups is 3. The number of nitro groups is 1. The van der Waals surface area contributed by atoms with Gasteiger partial charge in [0.25, 0.3) is 11.6 Å². The quantitative estimate of drug-likeness (QED) is 0.441. The molecular formula is C19H17ClN4O5. The van der Waals surface area contributed by atoms with Gasteiger partial charge in [-0.2, -0.15) is 0 Å². The SMILES string of the molecule is Cc1cc(Cl)ccc1NC(=O)CN1C(=O)N[C@@](C)(c2ccc([N+](=O)[O-])cc2)C1=O. The second-order valence-corrected chi connectivity index (χ2v) is 7.19. The number of non-ortho nitro benzene ring substituents is 1. The minimum absolute atomic E-state index is 0.135. The zero-order chi connectivity index (χ0) is 21.3. The van der Waals surface area contributed by atoms with E-state index in [0.717, 1.165) is 10.5 Å². The zero-order valence-corrected chi connectivity index (χ0v) is 16.3. The van der Waals surface area contributed by atoms with Gasteiger partial charge >= 0.3 is 6.03 Å². The molecule has 1 saturated heterocycles. The molecular weight excluding hydrogens is 400 g/mol. The first-order valence-electron chi connectivity index (χ1n) is 8.57. The second-order valence-electron chi connectivity index (χ2n) is 6.76. The number of carbonyl (C=O) groups excluding carboxylic acids is 3. The summed E-state index contributed by atoms with van der Waals surface area (Å²) in [4.78, 5) is 48.6. The molecule has 1 heterocycles. The third-order valence-electron chi connectivity index (χ3n) is 4.69. The Labute approximate surface area is 170 Å². The van der Waals surface area contributed by atoms with Crippen LogP contribution in [0.5, 0.6) is 0 Å². The van der Waals surface area contributed by atoms with E-state index in [-0.39, 0.29) is 5.69 Å². The summed E-state index contributed by atoms with van der Waals surface area (Å²) in [6.45, 7) is 2.77. The first-order valence-corrected chi connectivity index (χ1v) is 8.94. The Kier molecular flexibility index (Phi) is 5.25. The summed E-state index contributed by atoms with van der Waals surface area (Å²) in [6, 6.07) is 9.49. The van der Waals surface area contributed by atoms with Gasteiger partial charge in [0.2, 0.25) is 5.91 Å². The molecule has 2 N–H and O–H groups in total. The van der Waals surface area contributed by atoms with Gasteiger partial charge in [-0.25, -0.2) is 4.79 Å². The van der Waals surface area contributed by atoms with E-state index in [2.05, 4.69) is 10.6 Å². The molecule has 1 aliphatic rings. The van der Waals surface area contributed by atoms with Crippen LogP contribution in [-0.2, 0) is 15.1 Å². The standard InChI is InChI=1S/C19H17ClN4O5/c1-11-9-13(20)5-8-15(11)21-16(25)10-23-17(26)19(2,22-18(23)27)12-3-6-14(7-4-12)24(28)29/h3-9H,10H2,1-2H3,(H,21,25)(H,22,27)/t19-/m0/s1. The van der Waals surface area contributed by atoms with Crippen molar-refractivity contribution in [3.63, 3.8) is 0 Å². The summed E-state index contributed by atoms with van der Waals surface area (Å²) in [6.07, 6.45) is 0. The van der Waals surface area contributed by atoms with Crippen molar-refractivity contribution in [2.75, 3.05) is 11.9 Å². The highest BCUT2D eigenvalue weighted by Gasteiger charge is 2.49. The predicted molar refractivity (Wildman–Crippen MR) is 106 cm³/mol. The minimum atomic E-state index is -1.43.